The molecular formula is C50H42. The molecule has 5 aliphatic carbocycles. The van der Waals surface area contributed by atoms with Crippen LogP contribution in [0.25, 0.3) is 49.0 Å². The van der Waals surface area contributed by atoms with E-state index in [1.165, 1.54) is 82.1 Å². The number of aryl methyl sites for hydroxylation is 1. The molecular weight excluding hydrogens is 601 g/mol. The van der Waals surface area contributed by atoms with Crippen molar-refractivity contribution in [1.82, 2.24) is 0 Å². The minimum atomic E-state index is 0.438. The van der Waals surface area contributed by atoms with Gasteiger partial charge in [0, 0.05) is 5.92 Å². The highest BCUT2D eigenvalue weighted by atomic mass is 14.3. The van der Waals surface area contributed by atoms with E-state index < -0.39 is 0 Å². The molecule has 0 bridgehead atoms. The van der Waals surface area contributed by atoms with Crippen molar-refractivity contribution < 1.29 is 0 Å². The normalized spacial score (nSPS) is 20.2. The first-order valence-electron chi connectivity index (χ1n) is 18.8. The summed E-state index contributed by atoms with van der Waals surface area (Å²) < 4.78 is 0. The maximum atomic E-state index is 2.55. The minimum Gasteiger partial charge on any atom is -0.0836 e. The van der Waals surface area contributed by atoms with Crippen LogP contribution in [0.3, 0.4) is 0 Å². The molecule has 5 aromatic rings. The van der Waals surface area contributed by atoms with Gasteiger partial charge in [-0.1, -0.05) is 134 Å². The van der Waals surface area contributed by atoms with Gasteiger partial charge in [0.15, 0.2) is 0 Å². The molecule has 0 spiro atoms. The molecule has 0 saturated heterocycles. The van der Waals surface area contributed by atoms with Crippen molar-refractivity contribution in [2.75, 3.05) is 0 Å². The van der Waals surface area contributed by atoms with Gasteiger partial charge in [0.1, 0.15) is 0 Å². The van der Waals surface area contributed by atoms with E-state index in [4.69, 9.17) is 0 Å². The summed E-state index contributed by atoms with van der Waals surface area (Å²) >= 11 is 0. The van der Waals surface area contributed by atoms with E-state index in [-0.39, 0.29) is 0 Å². The summed E-state index contributed by atoms with van der Waals surface area (Å²) in [5, 5.41) is 9.97. The fraction of sp³-hybridized carbons (Fsp3) is 0.200. The van der Waals surface area contributed by atoms with Gasteiger partial charge in [-0.15, -0.1) is 0 Å². The van der Waals surface area contributed by atoms with Crippen LogP contribution in [0.5, 0.6) is 0 Å². The Kier molecular flexibility index (Phi) is 7.30. The second kappa shape index (κ2) is 12.3. The van der Waals surface area contributed by atoms with Crippen molar-refractivity contribution in [3.8, 4) is 0 Å². The molecule has 50 heavy (non-hydrogen) atoms. The third-order valence-electron chi connectivity index (χ3n) is 11.8. The highest BCUT2D eigenvalue weighted by Crippen LogP contribution is 2.42. The summed E-state index contributed by atoms with van der Waals surface area (Å²) in [5.41, 5.74) is 14.5. The van der Waals surface area contributed by atoms with Crippen LogP contribution in [-0.4, -0.2) is 0 Å². The summed E-state index contributed by atoms with van der Waals surface area (Å²) in [6.07, 6.45) is 36.1. The van der Waals surface area contributed by atoms with Crippen LogP contribution in [0, 0.1) is 0 Å². The molecule has 5 aliphatic rings. The zero-order valence-corrected chi connectivity index (χ0v) is 28.7. The maximum absolute atomic E-state index is 2.55. The van der Waals surface area contributed by atoms with Gasteiger partial charge >= 0.3 is 0 Å². The standard InChI is InChI=1S/C50H42/c1-3-12-33(13-4-1)40-30-41(34-14-5-2-6-15-34)32-42(31-40)38-20-7-18-36(28-38)37-19-8-21-39(29-37)43-26-27-48-46-23-10-17-35-16-9-22-45(49(35)46)47-25-11-24-44(43)50(47)48/h1,3-5,9-12,14-19,22-25,28-33H,2,6-8,13,20-21,26-27H2. The van der Waals surface area contributed by atoms with Crippen molar-refractivity contribution in [1.29, 1.82) is 0 Å². The number of hydrogen-bond acceptors (Lipinski definition) is 0. The molecule has 0 nitrogen and oxygen atoms in total. The Morgan fingerprint density at radius 3 is 2.08 bits per heavy atom. The third kappa shape index (κ3) is 5.04. The van der Waals surface area contributed by atoms with Crippen molar-refractivity contribution in [3.63, 3.8) is 0 Å². The molecule has 0 saturated carbocycles. The molecule has 0 heterocycles. The van der Waals surface area contributed by atoms with E-state index >= 15 is 0 Å². The zero-order chi connectivity index (χ0) is 33.0. The van der Waals surface area contributed by atoms with Crippen molar-refractivity contribution in [2.45, 2.75) is 63.7 Å². The predicted molar refractivity (Wildman–Crippen MR) is 215 cm³/mol. The molecule has 1 unspecified atom stereocenters. The molecule has 0 amide bonds. The number of rotatable bonds is 5. The van der Waals surface area contributed by atoms with E-state index in [0.717, 1.165) is 57.8 Å². The molecule has 5 aromatic carbocycles. The fourth-order valence-electron chi connectivity index (χ4n) is 9.43. The third-order valence-corrected chi connectivity index (χ3v) is 11.8. The van der Waals surface area contributed by atoms with Crippen LogP contribution in [0.1, 0.15) is 79.5 Å². The second-order valence-electron chi connectivity index (χ2n) is 14.8. The summed E-state index contributed by atoms with van der Waals surface area (Å²) in [4.78, 5) is 0. The lowest BCUT2D eigenvalue weighted by Gasteiger charge is -2.25. The van der Waals surface area contributed by atoms with Crippen LogP contribution in [0.4, 0.5) is 0 Å². The van der Waals surface area contributed by atoms with Crippen LogP contribution in [0.15, 0.2) is 156 Å². The van der Waals surface area contributed by atoms with Crippen LogP contribution >= 0.6 is 0 Å². The Bertz CT molecular complexity index is 2540. The van der Waals surface area contributed by atoms with Gasteiger partial charge in [0.05, 0.1) is 0 Å². The first-order valence-corrected chi connectivity index (χ1v) is 18.8. The van der Waals surface area contributed by atoms with Crippen molar-refractivity contribution >= 4 is 49.0 Å². The molecule has 0 fully saturated rings. The van der Waals surface area contributed by atoms with E-state index in [1.807, 2.05) is 0 Å². The Hall–Kier alpha value is -5.20. The Morgan fingerprint density at radius 2 is 1.28 bits per heavy atom. The van der Waals surface area contributed by atoms with Gasteiger partial charge < -0.3 is 0 Å². The van der Waals surface area contributed by atoms with E-state index in [2.05, 4.69) is 140 Å². The second-order valence-corrected chi connectivity index (χ2v) is 14.8. The highest BCUT2D eigenvalue weighted by Gasteiger charge is 2.23. The van der Waals surface area contributed by atoms with Gasteiger partial charge in [-0.2, -0.15) is 0 Å². The lowest BCUT2D eigenvalue weighted by molar-refractivity contribution is 0.852. The molecule has 1 atom stereocenters. The molecule has 0 radical (unpaired) electrons. The predicted octanol–water partition coefficient (Wildman–Crippen LogP) is 12.7. The Balaban J connectivity index is 1.05. The number of benzene rings is 5. The monoisotopic (exact) mass is 642 g/mol. The summed E-state index contributed by atoms with van der Waals surface area (Å²) in [6.45, 7) is 0. The number of hydrogen-bond donors (Lipinski definition) is 0. The lowest BCUT2D eigenvalue weighted by Crippen LogP contribution is -2.17. The minimum absolute atomic E-state index is 0.438. The molecule has 0 heteroatoms. The quantitative estimate of drug-likeness (QED) is 0.132. The molecule has 10 rings (SSSR count). The summed E-state index contributed by atoms with van der Waals surface area (Å²) in [6, 6.07) is 28.1. The Labute approximate surface area is 295 Å². The molecule has 0 N–H and O–H groups in total. The van der Waals surface area contributed by atoms with E-state index in [9.17, 15) is 0 Å². The van der Waals surface area contributed by atoms with Crippen LogP contribution in [-0.2, 0) is 6.42 Å². The smallest absolute Gasteiger partial charge is 0.00561 e. The Morgan fingerprint density at radius 1 is 0.540 bits per heavy atom. The van der Waals surface area contributed by atoms with Gasteiger partial charge in [0.25, 0.3) is 0 Å². The van der Waals surface area contributed by atoms with E-state index in [0.29, 0.717) is 5.92 Å². The topological polar surface area (TPSA) is 0 Å². The van der Waals surface area contributed by atoms with Crippen LogP contribution in [0.2, 0.25) is 0 Å². The van der Waals surface area contributed by atoms with Gasteiger partial charge in [-0.25, -0.2) is 0 Å². The van der Waals surface area contributed by atoms with Gasteiger partial charge in [0.2, 0.25) is 0 Å². The molecule has 0 aromatic heterocycles. The maximum Gasteiger partial charge on any atom is 0.00561 e. The van der Waals surface area contributed by atoms with Gasteiger partial charge in [-0.3, -0.25) is 0 Å². The SMILES string of the molecule is C1=CCC(c2cc(C3=CCCC=C3)cc(C3=CC(C4=CCCC(C5=c6cccc7c6c(c6cccc8cccc7c86)CC5)=C4)=CCC3)c2)C=C1. The average Bonchev–Trinajstić information content (AvgIpc) is 3.20. The largest absolute Gasteiger partial charge is 0.0836 e. The molecule has 0 aliphatic heterocycles. The van der Waals surface area contributed by atoms with Crippen LogP contribution < -0.4 is 5.22 Å². The average molecular weight is 643 g/mol. The highest BCUT2D eigenvalue weighted by molar-refractivity contribution is 6.23. The van der Waals surface area contributed by atoms with Crippen molar-refractivity contribution in [3.05, 3.63) is 184 Å². The van der Waals surface area contributed by atoms with Gasteiger partial charge in [-0.05, 0) is 157 Å². The zero-order valence-electron chi connectivity index (χ0n) is 28.7. The lowest BCUT2D eigenvalue weighted by atomic mass is 9.79. The molecule has 242 valence electrons. The van der Waals surface area contributed by atoms with E-state index in [1.54, 1.807) is 11.1 Å². The fourth-order valence-corrected chi connectivity index (χ4v) is 9.43. The van der Waals surface area contributed by atoms with Crippen molar-refractivity contribution in [2.24, 2.45) is 0 Å². The first kappa shape index (κ1) is 29.7. The number of fused-ring (bicyclic) bond motifs is 2. The first-order chi connectivity index (χ1) is 24.8. The number of allylic oxidation sites excluding steroid dienone is 16. The summed E-state index contributed by atoms with van der Waals surface area (Å²) in [7, 11) is 0. The summed E-state index contributed by atoms with van der Waals surface area (Å²) in [5.74, 6) is 0.438.